The molecule has 0 heterocycles. The maximum absolute atomic E-state index is 13.9. The first kappa shape index (κ1) is 17.8. The fraction of sp³-hybridized carbons (Fsp3) is 0.188. The van der Waals surface area contributed by atoms with Crippen LogP contribution in [0.4, 0.5) is 9.18 Å². The number of carbonyl (C=O) groups is 1. The molecule has 0 fully saturated rings. The molecule has 0 spiro atoms. The van der Waals surface area contributed by atoms with Crippen molar-refractivity contribution < 1.29 is 23.4 Å². The van der Waals surface area contributed by atoms with Gasteiger partial charge in [-0.2, -0.15) is 0 Å². The number of ether oxygens (including phenoxy) is 3. The van der Waals surface area contributed by atoms with Gasteiger partial charge in [0.15, 0.2) is 11.6 Å². The molecule has 0 aromatic heterocycles. The van der Waals surface area contributed by atoms with E-state index < -0.39 is 12.0 Å². The molecule has 7 heteroatoms. The highest BCUT2D eigenvalue weighted by atomic mass is 127. The zero-order valence-electron chi connectivity index (χ0n) is 12.4. The SMILES string of the molecule is COC(=O)Oc1cccc(I)c1COc1cc(Cl)c(C)cc1F. The van der Waals surface area contributed by atoms with E-state index in [0.29, 0.717) is 21.9 Å². The van der Waals surface area contributed by atoms with Crippen molar-refractivity contribution in [3.63, 3.8) is 0 Å². The van der Waals surface area contributed by atoms with E-state index in [9.17, 15) is 9.18 Å². The normalized spacial score (nSPS) is 10.3. The summed E-state index contributed by atoms with van der Waals surface area (Å²) in [5.74, 6) is -0.181. The summed E-state index contributed by atoms with van der Waals surface area (Å²) in [6.07, 6.45) is -0.835. The van der Waals surface area contributed by atoms with Gasteiger partial charge in [0, 0.05) is 20.2 Å². The number of carbonyl (C=O) groups excluding carboxylic acids is 1. The third-order valence-electron chi connectivity index (χ3n) is 3.02. The summed E-state index contributed by atoms with van der Waals surface area (Å²) in [7, 11) is 1.22. The van der Waals surface area contributed by atoms with Crippen molar-refractivity contribution in [1.29, 1.82) is 0 Å². The smallest absolute Gasteiger partial charge is 0.486 e. The van der Waals surface area contributed by atoms with Crippen LogP contribution in [0, 0.1) is 16.3 Å². The minimum atomic E-state index is -0.835. The van der Waals surface area contributed by atoms with Crippen LogP contribution in [-0.4, -0.2) is 13.3 Å². The first-order valence-corrected chi connectivity index (χ1v) is 7.99. The number of hydrogen-bond acceptors (Lipinski definition) is 4. The lowest BCUT2D eigenvalue weighted by Gasteiger charge is -2.13. The van der Waals surface area contributed by atoms with Crippen molar-refractivity contribution in [3.8, 4) is 11.5 Å². The van der Waals surface area contributed by atoms with Crippen LogP contribution in [0.5, 0.6) is 11.5 Å². The quantitative estimate of drug-likeness (QED) is 0.369. The van der Waals surface area contributed by atoms with Gasteiger partial charge in [-0.3, -0.25) is 0 Å². The summed E-state index contributed by atoms with van der Waals surface area (Å²) in [5, 5.41) is 0.412. The van der Waals surface area contributed by atoms with Crippen molar-refractivity contribution in [1.82, 2.24) is 0 Å². The minimum Gasteiger partial charge on any atom is -0.486 e. The predicted molar refractivity (Wildman–Crippen MR) is 92.7 cm³/mol. The Hall–Kier alpha value is -1.54. The Morgan fingerprint density at radius 2 is 2.04 bits per heavy atom. The van der Waals surface area contributed by atoms with Crippen molar-refractivity contribution in [2.45, 2.75) is 13.5 Å². The summed E-state index contributed by atoms with van der Waals surface area (Å²) in [4.78, 5) is 11.3. The summed E-state index contributed by atoms with van der Waals surface area (Å²) in [5.41, 5.74) is 1.23. The molecular weight excluding hydrogens is 438 g/mol. The van der Waals surface area contributed by atoms with Crippen LogP contribution in [0.2, 0.25) is 5.02 Å². The van der Waals surface area contributed by atoms with Gasteiger partial charge >= 0.3 is 6.16 Å². The highest BCUT2D eigenvalue weighted by Gasteiger charge is 2.14. The first-order valence-electron chi connectivity index (χ1n) is 6.54. The fourth-order valence-corrected chi connectivity index (χ4v) is 2.58. The number of methoxy groups -OCH3 is 1. The van der Waals surface area contributed by atoms with Crippen LogP contribution in [0.3, 0.4) is 0 Å². The third kappa shape index (κ3) is 4.48. The number of halogens is 3. The van der Waals surface area contributed by atoms with E-state index in [1.165, 1.54) is 19.2 Å². The summed E-state index contributed by atoms with van der Waals surface area (Å²) in [6.45, 7) is 1.72. The molecule has 0 amide bonds. The maximum atomic E-state index is 13.9. The van der Waals surface area contributed by atoms with Gasteiger partial charge in [-0.15, -0.1) is 0 Å². The highest BCUT2D eigenvalue weighted by molar-refractivity contribution is 14.1. The molecule has 0 saturated heterocycles. The van der Waals surface area contributed by atoms with Crippen LogP contribution in [0.25, 0.3) is 0 Å². The van der Waals surface area contributed by atoms with E-state index in [1.54, 1.807) is 19.1 Å². The minimum absolute atomic E-state index is 0.0156. The summed E-state index contributed by atoms with van der Waals surface area (Å²) >= 11 is 8.06. The standard InChI is InChI=1S/C16H13ClFIO4/c1-9-6-12(18)15(7-11(9)17)22-8-10-13(19)4-3-5-14(10)23-16(20)21-2/h3-7H,8H2,1-2H3. The number of rotatable bonds is 4. The van der Waals surface area contributed by atoms with Gasteiger partial charge in [-0.05, 0) is 53.3 Å². The molecule has 2 aromatic rings. The average Bonchev–Trinajstić information content (AvgIpc) is 2.51. The number of benzene rings is 2. The van der Waals surface area contributed by atoms with Gasteiger partial charge < -0.3 is 14.2 Å². The average molecular weight is 451 g/mol. The lowest BCUT2D eigenvalue weighted by molar-refractivity contribution is 0.120. The van der Waals surface area contributed by atoms with E-state index in [1.807, 2.05) is 6.07 Å². The van der Waals surface area contributed by atoms with Gasteiger partial charge in [-0.1, -0.05) is 17.7 Å². The Bertz CT molecular complexity index is 736. The Morgan fingerprint density at radius 3 is 2.74 bits per heavy atom. The second-order valence-corrected chi connectivity index (χ2v) is 6.16. The molecule has 23 heavy (non-hydrogen) atoms. The zero-order chi connectivity index (χ0) is 17.0. The lowest BCUT2D eigenvalue weighted by atomic mass is 10.2. The third-order valence-corrected chi connectivity index (χ3v) is 4.44. The van der Waals surface area contributed by atoms with Crippen LogP contribution < -0.4 is 9.47 Å². The van der Waals surface area contributed by atoms with Gasteiger partial charge in [0.2, 0.25) is 0 Å². The van der Waals surface area contributed by atoms with E-state index in [0.717, 1.165) is 3.57 Å². The monoisotopic (exact) mass is 450 g/mol. The summed E-state index contributed by atoms with van der Waals surface area (Å²) in [6, 6.07) is 7.88. The molecular formula is C16H13ClFIO4. The Morgan fingerprint density at radius 1 is 1.30 bits per heavy atom. The van der Waals surface area contributed by atoms with Crippen LogP contribution in [-0.2, 0) is 11.3 Å². The zero-order valence-corrected chi connectivity index (χ0v) is 15.3. The molecule has 0 unspecified atom stereocenters. The molecule has 4 nitrogen and oxygen atoms in total. The van der Waals surface area contributed by atoms with E-state index in [2.05, 4.69) is 27.3 Å². The molecule has 0 radical (unpaired) electrons. The maximum Gasteiger partial charge on any atom is 0.513 e. The van der Waals surface area contributed by atoms with E-state index >= 15 is 0 Å². The Balaban J connectivity index is 2.23. The predicted octanol–water partition coefficient (Wildman–Crippen LogP) is 5.12. The molecule has 0 aliphatic carbocycles. The van der Waals surface area contributed by atoms with Crippen molar-refractivity contribution in [2.75, 3.05) is 7.11 Å². The van der Waals surface area contributed by atoms with Crippen LogP contribution in [0.15, 0.2) is 30.3 Å². The topological polar surface area (TPSA) is 44.8 Å². The largest absolute Gasteiger partial charge is 0.513 e. The van der Waals surface area contributed by atoms with Gasteiger partial charge in [0.25, 0.3) is 0 Å². The second kappa shape index (κ2) is 7.83. The Labute approximate surface area is 151 Å². The van der Waals surface area contributed by atoms with Gasteiger partial charge in [0.05, 0.1) is 7.11 Å². The highest BCUT2D eigenvalue weighted by Crippen LogP contribution is 2.29. The lowest BCUT2D eigenvalue weighted by Crippen LogP contribution is -2.11. The second-order valence-electron chi connectivity index (χ2n) is 4.59. The molecule has 2 rings (SSSR count). The molecule has 122 valence electrons. The fourth-order valence-electron chi connectivity index (χ4n) is 1.79. The number of hydrogen-bond donors (Lipinski definition) is 0. The van der Waals surface area contributed by atoms with Crippen LogP contribution >= 0.6 is 34.2 Å². The van der Waals surface area contributed by atoms with Gasteiger partial charge in [-0.25, -0.2) is 9.18 Å². The molecule has 0 aliphatic rings. The molecule has 0 aliphatic heterocycles. The van der Waals surface area contributed by atoms with Crippen molar-refractivity contribution >= 4 is 40.3 Å². The van der Waals surface area contributed by atoms with E-state index in [4.69, 9.17) is 21.1 Å². The number of aryl methyl sites for hydroxylation is 1. The molecule has 0 saturated carbocycles. The molecule has 0 bridgehead atoms. The summed E-state index contributed by atoms with van der Waals surface area (Å²) < 4.78 is 29.8. The molecule has 2 aromatic carbocycles. The van der Waals surface area contributed by atoms with Gasteiger partial charge in [0.1, 0.15) is 12.4 Å². The van der Waals surface area contributed by atoms with Crippen LogP contribution in [0.1, 0.15) is 11.1 Å². The van der Waals surface area contributed by atoms with Crippen molar-refractivity contribution in [3.05, 3.63) is 55.9 Å². The molecule has 0 atom stereocenters. The first-order chi connectivity index (χ1) is 10.9. The van der Waals surface area contributed by atoms with Crippen molar-refractivity contribution in [2.24, 2.45) is 0 Å². The Kier molecular flexibility index (Phi) is 6.06. The molecule has 0 N–H and O–H groups in total. The van der Waals surface area contributed by atoms with E-state index in [-0.39, 0.29) is 12.4 Å².